The summed E-state index contributed by atoms with van der Waals surface area (Å²) < 4.78 is 11.1. The van der Waals surface area contributed by atoms with Crippen LogP contribution in [0.3, 0.4) is 0 Å². The van der Waals surface area contributed by atoms with E-state index in [1.54, 1.807) is 6.26 Å². The number of likely N-dealkylation sites (tertiary alicyclic amines) is 1. The van der Waals surface area contributed by atoms with E-state index in [1.807, 2.05) is 24.0 Å². The topological polar surface area (TPSA) is 58.0 Å². The molecule has 2 atom stereocenters. The lowest BCUT2D eigenvalue weighted by Crippen LogP contribution is -2.50. The van der Waals surface area contributed by atoms with E-state index in [0.717, 1.165) is 18.8 Å². The molecular formula is C17H27N3O3. The molecule has 0 aliphatic carbocycles. The maximum Gasteiger partial charge on any atom is 0.317 e. The van der Waals surface area contributed by atoms with E-state index in [2.05, 4.69) is 10.2 Å². The first-order valence-corrected chi connectivity index (χ1v) is 8.66. The fourth-order valence-corrected chi connectivity index (χ4v) is 3.42. The number of carbonyl (C=O) groups is 1. The van der Waals surface area contributed by atoms with Crippen LogP contribution in [0.1, 0.15) is 38.0 Å². The van der Waals surface area contributed by atoms with Crippen LogP contribution >= 0.6 is 0 Å². The Kier molecular flexibility index (Phi) is 5.56. The van der Waals surface area contributed by atoms with Crippen LogP contribution < -0.4 is 5.32 Å². The van der Waals surface area contributed by atoms with Crippen molar-refractivity contribution in [1.29, 1.82) is 0 Å². The Morgan fingerprint density at radius 3 is 2.87 bits per heavy atom. The molecule has 128 valence electrons. The molecule has 0 spiro atoms. The molecule has 3 heterocycles. The van der Waals surface area contributed by atoms with Crippen molar-refractivity contribution in [3.8, 4) is 0 Å². The molecule has 2 aliphatic heterocycles. The molecule has 1 aromatic heterocycles. The molecule has 1 aromatic rings. The molecule has 3 rings (SSSR count). The van der Waals surface area contributed by atoms with Crippen molar-refractivity contribution < 1.29 is 13.9 Å². The molecule has 2 fully saturated rings. The van der Waals surface area contributed by atoms with Crippen molar-refractivity contribution in [3.05, 3.63) is 24.2 Å². The highest BCUT2D eigenvalue weighted by atomic mass is 16.5. The molecule has 6 heteroatoms. The first-order chi connectivity index (χ1) is 11.2. The first-order valence-electron chi connectivity index (χ1n) is 8.66. The van der Waals surface area contributed by atoms with E-state index in [1.165, 1.54) is 19.3 Å². The van der Waals surface area contributed by atoms with E-state index < -0.39 is 0 Å². The number of nitrogens with zero attached hydrogens (tertiary/aromatic N) is 2. The van der Waals surface area contributed by atoms with Crippen LogP contribution in [-0.2, 0) is 4.74 Å². The van der Waals surface area contributed by atoms with E-state index >= 15 is 0 Å². The van der Waals surface area contributed by atoms with Gasteiger partial charge in [-0.1, -0.05) is 6.42 Å². The highest BCUT2D eigenvalue weighted by molar-refractivity contribution is 5.74. The average Bonchev–Trinajstić information content (AvgIpc) is 3.10. The number of piperidine rings is 1. The third-order valence-electron chi connectivity index (χ3n) is 4.68. The predicted molar refractivity (Wildman–Crippen MR) is 87.3 cm³/mol. The molecule has 1 N–H and O–H groups in total. The van der Waals surface area contributed by atoms with Gasteiger partial charge in [-0.15, -0.1) is 0 Å². The molecule has 0 radical (unpaired) electrons. The lowest BCUT2D eigenvalue weighted by Gasteiger charge is -2.35. The minimum Gasteiger partial charge on any atom is -0.468 e. The van der Waals surface area contributed by atoms with Gasteiger partial charge in [-0.05, 0) is 45.0 Å². The predicted octanol–water partition coefficient (Wildman–Crippen LogP) is 2.24. The number of morpholine rings is 1. The zero-order chi connectivity index (χ0) is 16.1. The summed E-state index contributed by atoms with van der Waals surface area (Å²) in [5.41, 5.74) is 0. The SMILES string of the molecule is C[C@H]1CN(C(=O)NC[C@@H](c2ccco2)N2CCCCC2)CCO1. The molecule has 0 bridgehead atoms. The van der Waals surface area contributed by atoms with Crippen molar-refractivity contribution >= 4 is 6.03 Å². The molecule has 0 aromatic carbocycles. The third kappa shape index (κ3) is 4.26. The maximum absolute atomic E-state index is 12.4. The van der Waals surface area contributed by atoms with E-state index in [4.69, 9.17) is 9.15 Å². The van der Waals surface area contributed by atoms with Crippen molar-refractivity contribution in [1.82, 2.24) is 15.1 Å². The Morgan fingerprint density at radius 1 is 1.35 bits per heavy atom. The molecule has 2 amide bonds. The van der Waals surface area contributed by atoms with Gasteiger partial charge in [0, 0.05) is 19.6 Å². The highest BCUT2D eigenvalue weighted by Crippen LogP contribution is 2.24. The van der Waals surface area contributed by atoms with Crippen LogP contribution in [0, 0.1) is 0 Å². The monoisotopic (exact) mass is 321 g/mol. The number of amides is 2. The second-order valence-electron chi connectivity index (χ2n) is 6.44. The minimum atomic E-state index is -0.00582. The van der Waals surface area contributed by atoms with Crippen LogP contribution in [-0.4, -0.2) is 61.3 Å². The number of urea groups is 1. The highest BCUT2D eigenvalue weighted by Gasteiger charge is 2.27. The molecule has 0 saturated carbocycles. The van der Waals surface area contributed by atoms with Crippen LogP contribution in [0.25, 0.3) is 0 Å². The van der Waals surface area contributed by atoms with Gasteiger partial charge in [0.1, 0.15) is 5.76 Å². The largest absolute Gasteiger partial charge is 0.468 e. The normalized spacial score (nSPS) is 24.4. The smallest absolute Gasteiger partial charge is 0.317 e. The number of hydrogen-bond acceptors (Lipinski definition) is 4. The van der Waals surface area contributed by atoms with Gasteiger partial charge < -0.3 is 19.4 Å². The summed E-state index contributed by atoms with van der Waals surface area (Å²) in [4.78, 5) is 16.7. The summed E-state index contributed by atoms with van der Waals surface area (Å²) >= 11 is 0. The van der Waals surface area contributed by atoms with Gasteiger partial charge in [0.05, 0.1) is 25.0 Å². The van der Waals surface area contributed by atoms with Crippen molar-refractivity contribution in [2.45, 2.75) is 38.3 Å². The maximum atomic E-state index is 12.4. The molecular weight excluding hydrogens is 294 g/mol. The van der Waals surface area contributed by atoms with Gasteiger partial charge in [0.15, 0.2) is 0 Å². The van der Waals surface area contributed by atoms with Gasteiger partial charge in [-0.25, -0.2) is 4.79 Å². The van der Waals surface area contributed by atoms with Crippen molar-refractivity contribution in [3.63, 3.8) is 0 Å². The lowest BCUT2D eigenvalue weighted by molar-refractivity contribution is -0.00381. The van der Waals surface area contributed by atoms with Crippen molar-refractivity contribution in [2.75, 3.05) is 39.3 Å². The summed E-state index contributed by atoms with van der Waals surface area (Å²) in [6.45, 7) is 6.64. The standard InChI is InChI=1S/C17H27N3O3/c1-14-13-20(9-11-22-14)17(21)18-12-15(16-6-5-10-23-16)19-7-3-2-4-8-19/h5-6,10,14-15H,2-4,7-9,11-13H2,1H3,(H,18,21)/t14-,15-/m0/s1. The molecule has 0 unspecified atom stereocenters. The zero-order valence-corrected chi connectivity index (χ0v) is 13.9. The van der Waals surface area contributed by atoms with Crippen molar-refractivity contribution in [2.24, 2.45) is 0 Å². The van der Waals surface area contributed by atoms with E-state index in [-0.39, 0.29) is 18.2 Å². The lowest BCUT2D eigenvalue weighted by atomic mass is 10.1. The van der Waals surface area contributed by atoms with Crippen LogP contribution in [0.2, 0.25) is 0 Å². The number of nitrogens with one attached hydrogen (secondary N) is 1. The fourth-order valence-electron chi connectivity index (χ4n) is 3.42. The summed E-state index contributed by atoms with van der Waals surface area (Å²) in [6.07, 6.45) is 5.53. The Balaban J connectivity index is 1.58. The fraction of sp³-hybridized carbons (Fsp3) is 0.706. The van der Waals surface area contributed by atoms with E-state index in [9.17, 15) is 4.79 Å². The Morgan fingerprint density at radius 2 is 2.17 bits per heavy atom. The van der Waals surface area contributed by atoms with Crippen LogP contribution in [0.4, 0.5) is 4.79 Å². The van der Waals surface area contributed by atoms with Crippen LogP contribution in [0.15, 0.2) is 22.8 Å². The van der Waals surface area contributed by atoms with E-state index in [0.29, 0.717) is 26.2 Å². The Labute approximate surface area is 137 Å². The molecule has 2 aliphatic rings. The number of furan rings is 1. The van der Waals surface area contributed by atoms with Gasteiger partial charge in [0.25, 0.3) is 0 Å². The summed E-state index contributed by atoms with van der Waals surface area (Å²) in [7, 11) is 0. The van der Waals surface area contributed by atoms with Gasteiger partial charge >= 0.3 is 6.03 Å². The van der Waals surface area contributed by atoms with Gasteiger partial charge in [-0.3, -0.25) is 4.90 Å². The summed E-state index contributed by atoms with van der Waals surface area (Å²) in [5, 5.41) is 3.09. The molecule has 23 heavy (non-hydrogen) atoms. The Bertz CT molecular complexity index is 485. The van der Waals surface area contributed by atoms with Gasteiger partial charge in [0.2, 0.25) is 0 Å². The minimum absolute atomic E-state index is 0.00582. The number of hydrogen-bond donors (Lipinski definition) is 1. The number of carbonyl (C=O) groups excluding carboxylic acids is 1. The Hall–Kier alpha value is -1.53. The zero-order valence-electron chi connectivity index (χ0n) is 13.9. The third-order valence-corrected chi connectivity index (χ3v) is 4.68. The summed E-state index contributed by atoms with van der Waals surface area (Å²) in [5.74, 6) is 0.933. The first kappa shape index (κ1) is 16.3. The average molecular weight is 321 g/mol. The quantitative estimate of drug-likeness (QED) is 0.924. The summed E-state index contributed by atoms with van der Waals surface area (Å²) in [6, 6.07) is 4.03. The van der Waals surface area contributed by atoms with Gasteiger partial charge in [-0.2, -0.15) is 0 Å². The second kappa shape index (κ2) is 7.84. The number of rotatable bonds is 4. The molecule has 6 nitrogen and oxygen atoms in total. The molecule has 2 saturated heterocycles. The second-order valence-corrected chi connectivity index (χ2v) is 6.44. The number of ether oxygens (including phenoxy) is 1. The van der Waals surface area contributed by atoms with Crippen LogP contribution in [0.5, 0.6) is 0 Å².